The maximum Gasteiger partial charge on any atom is 1.00 e. The van der Waals surface area contributed by atoms with Crippen molar-refractivity contribution in [3.05, 3.63) is 67.6 Å². The van der Waals surface area contributed by atoms with Gasteiger partial charge in [-0.2, -0.15) is 0 Å². The second-order valence-electron chi connectivity index (χ2n) is 5.62. The zero-order valence-corrected chi connectivity index (χ0v) is 18.7. The number of benzene rings is 2. The largest absolute Gasteiger partial charge is 1.00 e. The molecular weight excluding hydrogens is 442 g/mol. The monoisotopic (exact) mass is 457 g/mol. The van der Waals surface area contributed by atoms with E-state index in [1.54, 1.807) is 0 Å². The summed E-state index contributed by atoms with van der Waals surface area (Å²) in [6.45, 7) is 0. The molecule has 2 aliphatic rings. The molecule has 2 aromatic rings. The fraction of sp³-hybridized carbons (Fsp3) is 0.278. The van der Waals surface area contributed by atoms with E-state index in [2.05, 4.69) is 37.9 Å². The van der Waals surface area contributed by atoms with Crippen LogP contribution in [0.5, 0.6) is 0 Å². The van der Waals surface area contributed by atoms with E-state index in [9.17, 15) is 9.90 Å². The molecule has 3 radical (unpaired) electrons. The average Bonchev–Trinajstić information content (AvgIpc) is 3.04. The molecule has 0 saturated heterocycles. The van der Waals surface area contributed by atoms with E-state index >= 15 is 0 Å². The van der Waals surface area contributed by atoms with Gasteiger partial charge < -0.3 is 6.53 Å². The summed E-state index contributed by atoms with van der Waals surface area (Å²) in [5.74, 6) is 0.279. The van der Waals surface area contributed by atoms with Crippen molar-refractivity contribution in [2.75, 3.05) is 0 Å². The number of fused-ring (bicyclic) bond motifs is 2. The van der Waals surface area contributed by atoms with Crippen molar-refractivity contribution in [3.8, 4) is 0 Å². The average molecular weight is 459 g/mol. The Kier molecular flexibility index (Phi) is 8.95. The molecule has 2 nitrogen and oxygen atoms in total. The Balaban J connectivity index is 0.000000411. The number of rotatable bonds is 0. The number of aliphatic hydroxyl groups excluding tert-OH is 1. The number of halogens is 2. The number of Topliss-reactive ketones (excluding diaryl/α,β-unsaturated/α-hetero) is 1. The summed E-state index contributed by atoms with van der Waals surface area (Å²) in [5, 5.41) is 9.48. The van der Waals surface area contributed by atoms with E-state index in [1.807, 2.05) is 30.3 Å². The normalized spacial score (nSPS) is 17.0. The minimum atomic E-state index is -0.234. The Labute approximate surface area is 185 Å². The van der Waals surface area contributed by atoms with Gasteiger partial charge in [-0.15, -0.1) is 0 Å². The third-order valence-electron chi connectivity index (χ3n) is 4.15. The first-order valence-corrected chi connectivity index (χ1v) is 8.91. The fourth-order valence-corrected chi connectivity index (χ4v) is 3.70. The van der Waals surface area contributed by atoms with Crippen molar-refractivity contribution < 1.29 is 40.9 Å². The van der Waals surface area contributed by atoms with Crippen molar-refractivity contribution in [3.63, 3.8) is 0 Å². The molecule has 2 aliphatic carbocycles. The molecule has 0 bridgehead atoms. The number of carbonyl (C=O) groups is 1. The van der Waals surface area contributed by atoms with E-state index in [0.29, 0.717) is 6.42 Å². The summed E-state index contributed by atoms with van der Waals surface area (Å²) in [6, 6.07) is 12.0. The Morgan fingerprint density at radius 3 is 2.29 bits per heavy atom. The van der Waals surface area contributed by atoms with Crippen molar-refractivity contribution in [1.29, 1.82) is 0 Å². The summed E-state index contributed by atoms with van der Waals surface area (Å²) in [7, 11) is 0. The van der Waals surface area contributed by atoms with Crippen LogP contribution in [0.4, 0.5) is 0 Å². The first kappa shape index (κ1) is 22.1. The molecule has 1 N–H and O–H groups in total. The molecular formula is C18H17BBr2NaO2. The smallest absolute Gasteiger partial charge is 1.00 e. The van der Waals surface area contributed by atoms with E-state index in [-0.39, 0.29) is 51.3 Å². The van der Waals surface area contributed by atoms with Gasteiger partial charge in [-0.3, -0.25) is 4.79 Å². The zero-order valence-electron chi connectivity index (χ0n) is 14.6. The number of hydrogen-bond acceptors (Lipinski definition) is 2. The van der Waals surface area contributed by atoms with Crippen LogP contribution in [-0.4, -0.2) is 19.3 Å². The third kappa shape index (κ3) is 5.06. The summed E-state index contributed by atoms with van der Waals surface area (Å²) in [6.07, 6.45) is 3.27. The van der Waals surface area contributed by atoms with Gasteiger partial charge in [0, 0.05) is 29.3 Å². The molecule has 0 aromatic heterocycles. The standard InChI is InChI=1S/C9H9BrO.C9H7BrO.B.Na.H/c2*10-7-3-1-6-2-4-9(11)8(6)5-7;;;/h1,3,5,9,11H,2,4H2;1,3,5H,2,4H2;;;/q;;;+1;-1. The molecule has 0 amide bonds. The third-order valence-corrected chi connectivity index (χ3v) is 5.13. The van der Waals surface area contributed by atoms with Crippen molar-refractivity contribution in [2.45, 2.75) is 31.8 Å². The first-order valence-electron chi connectivity index (χ1n) is 7.32. The summed E-state index contributed by atoms with van der Waals surface area (Å²) >= 11 is 6.72. The minimum absolute atomic E-state index is 0. The number of ketones is 1. The quantitative estimate of drug-likeness (QED) is 0.611. The van der Waals surface area contributed by atoms with Gasteiger partial charge in [0.15, 0.2) is 5.78 Å². The van der Waals surface area contributed by atoms with Crippen LogP contribution in [0.2, 0.25) is 0 Å². The SMILES string of the molecule is O=C1CCc2ccc(Br)cc21.OC1CCc2ccc(Br)cc21.[B].[H-].[Na+]. The molecule has 6 heteroatoms. The van der Waals surface area contributed by atoms with Gasteiger partial charge in [0.2, 0.25) is 0 Å². The summed E-state index contributed by atoms with van der Waals surface area (Å²) < 4.78 is 2.05. The zero-order chi connectivity index (χ0) is 15.7. The van der Waals surface area contributed by atoms with Crippen LogP contribution >= 0.6 is 31.9 Å². The molecule has 0 aliphatic heterocycles. The number of hydrogen-bond donors (Lipinski definition) is 1. The van der Waals surface area contributed by atoms with Gasteiger partial charge in [-0.1, -0.05) is 44.0 Å². The topological polar surface area (TPSA) is 37.3 Å². The molecule has 4 rings (SSSR count). The maximum atomic E-state index is 11.2. The predicted octanol–water partition coefficient (Wildman–Crippen LogP) is 1.74. The molecule has 2 aromatic carbocycles. The number of aryl methyl sites for hydroxylation is 2. The minimum Gasteiger partial charge on any atom is -1.00 e. The molecule has 1 unspecified atom stereocenters. The molecule has 24 heavy (non-hydrogen) atoms. The van der Waals surface area contributed by atoms with Gasteiger partial charge in [0.25, 0.3) is 0 Å². The van der Waals surface area contributed by atoms with Crippen LogP contribution < -0.4 is 29.6 Å². The van der Waals surface area contributed by atoms with Gasteiger partial charge in [0.1, 0.15) is 0 Å². The van der Waals surface area contributed by atoms with Crippen LogP contribution in [0.1, 0.15) is 47.4 Å². The maximum absolute atomic E-state index is 11.2. The molecule has 0 heterocycles. The van der Waals surface area contributed by atoms with E-state index in [4.69, 9.17) is 0 Å². The van der Waals surface area contributed by atoms with Crippen LogP contribution in [0, 0.1) is 0 Å². The molecule has 0 fully saturated rings. The summed E-state index contributed by atoms with van der Waals surface area (Å²) in [4.78, 5) is 11.2. The van der Waals surface area contributed by atoms with E-state index < -0.39 is 0 Å². The molecule has 0 spiro atoms. The van der Waals surface area contributed by atoms with Crippen molar-refractivity contribution in [1.82, 2.24) is 0 Å². The Morgan fingerprint density at radius 2 is 1.58 bits per heavy atom. The van der Waals surface area contributed by atoms with Gasteiger partial charge in [0.05, 0.1) is 6.10 Å². The van der Waals surface area contributed by atoms with Gasteiger partial charge in [-0.05, 0) is 60.2 Å². The molecule has 0 saturated carbocycles. The van der Waals surface area contributed by atoms with Crippen LogP contribution in [-0.2, 0) is 12.8 Å². The second kappa shape index (κ2) is 9.70. The molecule has 119 valence electrons. The van der Waals surface area contributed by atoms with Crippen LogP contribution in [0.15, 0.2) is 45.3 Å². The Morgan fingerprint density at radius 1 is 0.958 bits per heavy atom. The summed E-state index contributed by atoms with van der Waals surface area (Å²) in [5.41, 5.74) is 4.48. The Bertz CT molecular complexity index is 743. The van der Waals surface area contributed by atoms with E-state index in [1.165, 1.54) is 11.1 Å². The van der Waals surface area contributed by atoms with E-state index in [0.717, 1.165) is 39.3 Å². The molecule has 1 atom stereocenters. The first-order chi connectivity index (χ1) is 10.5. The van der Waals surface area contributed by atoms with Gasteiger partial charge in [-0.25, -0.2) is 0 Å². The number of carbonyl (C=O) groups excluding carboxylic acids is 1. The van der Waals surface area contributed by atoms with Crippen molar-refractivity contribution in [2.24, 2.45) is 0 Å². The second-order valence-corrected chi connectivity index (χ2v) is 7.45. The van der Waals surface area contributed by atoms with Gasteiger partial charge >= 0.3 is 29.6 Å². The van der Waals surface area contributed by atoms with Crippen molar-refractivity contribution >= 4 is 46.1 Å². The Hall–Kier alpha value is 0.0949. The number of aliphatic hydroxyl groups is 1. The fourth-order valence-electron chi connectivity index (χ4n) is 2.96. The predicted molar refractivity (Wildman–Crippen MR) is 101 cm³/mol. The van der Waals surface area contributed by atoms with Crippen LogP contribution in [0.25, 0.3) is 0 Å². The van der Waals surface area contributed by atoms with Crippen LogP contribution in [0.3, 0.4) is 0 Å².